The number of aromatic nitrogens is 2. The summed E-state index contributed by atoms with van der Waals surface area (Å²) in [5.41, 5.74) is 0.663. The summed E-state index contributed by atoms with van der Waals surface area (Å²) in [5.74, 6) is 0.613. The first-order valence-electron chi connectivity index (χ1n) is 10.6. The summed E-state index contributed by atoms with van der Waals surface area (Å²) >= 11 is 3.30. The molecule has 0 unspecified atom stereocenters. The van der Waals surface area contributed by atoms with Crippen molar-refractivity contribution in [3.8, 4) is 0 Å². The fourth-order valence-corrected chi connectivity index (χ4v) is 3.82. The van der Waals surface area contributed by atoms with Crippen molar-refractivity contribution >= 4 is 39.4 Å². The Bertz CT molecular complexity index is 959. The molecule has 0 bridgehead atoms. The molecular weight excluding hydrogens is 474 g/mol. The van der Waals surface area contributed by atoms with Gasteiger partial charge >= 0.3 is 6.09 Å². The first kappa shape index (κ1) is 24.0. The third-order valence-electron chi connectivity index (χ3n) is 5.31. The smallest absolute Gasteiger partial charge is 0.410 e. The van der Waals surface area contributed by atoms with E-state index in [0.717, 1.165) is 5.82 Å². The maximum atomic E-state index is 12.8. The number of amides is 2. The highest BCUT2D eigenvalue weighted by molar-refractivity contribution is 9.10. The van der Waals surface area contributed by atoms with Crippen LogP contribution in [0.15, 0.2) is 41.3 Å². The number of rotatable bonds is 3. The first-order valence-corrected chi connectivity index (χ1v) is 11.4. The Morgan fingerprint density at radius 3 is 2.34 bits per heavy atom. The highest BCUT2D eigenvalue weighted by atomic mass is 79.9. The van der Waals surface area contributed by atoms with Gasteiger partial charge in [-0.3, -0.25) is 4.79 Å². The van der Waals surface area contributed by atoms with Crippen LogP contribution >= 0.6 is 15.9 Å². The predicted molar refractivity (Wildman–Crippen MR) is 128 cm³/mol. The molecule has 0 radical (unpaired) electrons. The van der Waals surface area contributed by atoms with Crippen molar-refractivity contribution in [2.75, 3.05) is 29.9 Å². The highest BCUT2D eigenvalue weighted by Crippen LogP contribution is 2.24. The molecule has 1 aliphatic rings. The molecule has 2 atom stereocenters. The van der Waals surface area contributed by atoms with Gasteiger partial charge in [0.1, 0.15) is 16.0 Å². The van der Waals surface area contributed by atoms with Gasteiger partial charge in [0.25, 0.3) is 5.91 Å². The lowest BCUT2D eigenvalue weighted by atomic mass is 10.1. The van der Waals surface area contributed by atoms with Crippen molar-refractivity contribution in [3.63, 3.8) is 0 Å². The molecule has 0 aliphatic carbocycles. The zero-order valence-corrected chi connectivity index (χ0v) is 21.0. The number of ether oxygens (including phenoxy) is 1. The summed E-state index contributed by atoms with van der Waals surface area (Å²) in [7, 11) is 1.71. The van der Waals surface area contributed by atoms with Gasteiger partial charge in [0.2, 0.25) is 0 Å². The lowest BCUT2D eigenvalue weighted by Crippen LogP contribution is -2.59. The van der Waals surface area contributed by atoms with Gasteiger partial charge in [-0.25, -0.2) is 14.8 Å². The van der Waals surface area contributed by atoms with E-state index in [-0.39, 0.29) is 24.1 Å². The number of carbonyl (C=O) groups excluding carboxylic acids is 2. The van der Waals surface area contributed by atoms with Crippen molar-refractivity contribution in [2.24, 2.45) is 0 Å². The van der Waals surface area contributed by atoms with Crippen molar-refractivity contribution in [1.82, 2.24) is 14.9 Å². The Balaban J connectivity index is 1.69. The Hall–Kier alpha value is -2.68. The summed E-state index contributed by atoms with van der Waals surface area (Å²) in [6.45, 7) is 10.8. The number of hydrogen-bond donors (Lipinski definition) is 0. The van der Waals surface area contributed by atoms with Gasteiger partial charge < -0.3 is 19.4 Å². The second kappa shape index (κ2) is 9.44. The second-order valence-corrected chi connectivity index (χ2v) is 9.90. The van der Waals surface area contributed by atoms with Crippen LogP contribution in [0.25, 0.3) is 0 Å². The fraction of sp³-hybridized carbons (Fsp3) is 0.478. The molecule has 9 heteroatoms. The molecule has 3 heterocycles. The van der Waals surface area contributed by atoms with Crippen LogP contribution in [0.2, 0.25) is 0 Å². The fourth-order valence-electron chi connectivity index (χ4n) is 3.58. The molecule has 3 rings (SSSR count). The third-order valence-corrected chi connectivity index (χ3v) is 5.78. The quantitative estimate of drug-likeness (QED) is 0.579. The molecule has 2 aromatic rings. The lowest BCUT2D eigenvalue weighted by Gasteiger charge is -2.44. The van der Waals surface area contributed by atoms with Crippen LogP contribution in [0.5, 0.6) is 0 Å². The highest BCUT2D eigenvalue weighted by Gasteiger charge is 2.35. The topological polar surface area (TPSA) is 78.9 Å². The van der Waals surface area contributed by atoms with E-state index in [2.05, 4.69) is 37.7 Å². The molecule has 0 saturated carbocycles. The number of hydrogen-bond acceptors (Lipinski definition) is 6. The van der Waals surface area contributed by atoms with E-state index in [4.69, 9.17) is 4.74 Å². The molecule has 0 N–H and O–H groups in total. The van der Waals surface area contributed by atoms with Crippen LogP contribution in [0.3, 0.4) is 0 Å². The average molecular weight is 504 g/mol. The molecule has 32 heavy (non-hydrogen) atoms. The van der Waals surface area contributed by atoms with E-state index in [0.29, 0.717) is 28.9 Å². The maximum absolute atomic E-state index is 12.8. The summed E-state index contributed by atoms with van der Waals surface area (Å²) in [5, 5.41) is 0. The predicted octanol–water partition coefficient (Wildman–Crippen LogP) is 4.35. The van der Waals surface area contributed by atoms with Gasteiger partial charge in [-0.2, -0.15) is 0 Å². The normalized spacial score (nSPS) is 19.0. The number of piperazine rings is 1. The minimum Gasteiger partial charge on any atom is -0.444 e. The van der Waals surface area contributed by atoms with Crippen LogP contribution in [0.1, 0.15) is 45.0 Å². The standard InChI is InChI=1S/C23H30BrN5O3/c1-15-14-29(22(31)32-23(3,4)5)16(2)13-28(15)20-10-7-17(11-26-20)21(30)27(6)18-8-9-19(24)25-12-18/h7-12,15-16H,13-14H2,1-6H3/t15-,16+/m1/s1. The van der Waals surface area contributed by atoms with Gasteiger partial charge in [-0.1, -0.05) is 0 Å². The first-order chi connectivity index (χ1) is 15.0. The molecule has 2 amide bonds. The molecule has 172 valence electrons. The molecule has 0 aromatic carbocycles. The summed E-state index contributed by atoms with van der Waals surface area (Å²) in [4.78, 5) is 39.6. The Morgan fingerprint density at radius 1 is 1.06 bits per heavy atom. The lowest BCUT2D eigenvalue weighted by molar-refractivity contribution is 0.0129. The van der Waals surface area contributed by atoms with Crippen LogP contribution in [0.4, 0.5) is 16.3 Å². The van der Waals surface area contributed by atoms with E-state index >= 15 is 0 Å². The van der Waals surface area contributed by atoms with Gasteiger partial charge in [0.15, 0.2) is 0 Å². The molecular formula is C23H30BrN5O3. The number of pyridine rings is 2. The Labute approximate surface area is 197 Å². The van der Waals surface area contributed by atoms with Crippen LogP contribution in [0, 0.1) is 0 Å². The summed E-state index contributed by atoms with van der Waals surface area (Å²) < 4.78 is 6.26. The van der Waals surface area contributed by atoms with Crippen molar-refractivity contribution in [3.05, 3.63) is 46.8 Å². The third kappa shape index (κ3) is 5.56. The Morgan fingerprint density at radius 2 is 1.78 bits per heavy atom. The second-order valence-electron chi connectivity index (χ2n) is 9.09. The molecule has 2 aromatic heterocycles. The zero-order valence-electron chi connectivity index (χ0n) is 19.4. The van der Waals surface area contributed by atoms with Crippen LogP contribution in [-0.2, 0) is 4.74 Å². The van der Waals surface area contributed by atoms with E-state index in [9.17, 15) is 9.59 Å². The minimum absolute atomic E-state index is 0.0276. The monoisotopic (exact) mass is 503 g/mol. The van der Waals surface area contributed by atoms with E-state index in [1.165, 1.54) is 0 Å². The van der Waals surface area contributed by atoms with Gasteiger partial charge in [0, 0.05) is 38.4 Å². The maximum Gasteiger partial charge on any atom is 0.410 e. The number of nitrogens with zero attached hydrogens (tertiary/aromatic N) is 5. The van der Waals surface area contributed by atoms with Gasteiger partial charge in [-0.15, -0.1) is 0 Å². The number of carbonyl (C=O) groups is 2. The SMILES string of the molecule is C[C@@H]1CN(C(=O)OC(C)(C)C)[C@@H](C)CN1c1ccc(C(=O)N(C)c2ccc(Br)nc2)cn1. The van der Waals surface area contributed by atoms with E-state index < -0.39 is 5.60 Å². The number of halogens is 1. The van der Waals surface area contributed by atoms with Gasteiger partial charge in [0.05, 0.1) is 17.4 Å². The van der Waals surface area contributed by atoms with E-state index in [1.54, 1.807) is 41.4 Å². The molecule has 1 saturated heterocycles. The summed E-state index contributed by atoms with van der Waals surface area (Å²) in [6, 6.07) is 7.28. The van der Waals surface area contributed by atoms with Crippen LogP contribution in [-0.4, -0.2) is 64.7 Å². The van der Waals surface area contributed by atoms with E-state index in [1.807, 2.05) is 39.8 Å². The molecule has 0 spiro atoms. The Kier molecular flexibility index (Phi) is 7.07. The largest absolute Gasteiger partial charge is 0.444 e. The van der Waals surface area contributed by atoms with Crippen molar-refractivity contribution < 1.29 is 14.3 Å². The molecule has 8 nitrogen and oxygen atoms in total. The van der Waals surface area contributed by atoms with Gasteiger partial charge in [-0.05, 0) is 74.8 Å². The minimum atomic E-state index is -0.527. The van der Waals surface area contributed by atoms with Crippen molar-refractivity contribution in [1.29, 1.82) is 0 Å². The number of anilines is 2. The average Bonchev–Trinajstić information content (AvgIpc) is 2.73. The zero-order chi connectivity index (χ0) is 23.6. The molecule has 1 fully saturated rings. The molecule has 1 aliphatic heterocycles. The van der Waals surface area contributed by atoms with Crippen molar-refractivity contribution in [2.45, 2.75) is 52.3 Å². The summed E-state index contributed by atoms with van der Waals surface area (Å²) in [6.07, 6.45) is 2.94. The van der Waals surface area contributed by atoms with Crippen LogP contribution < -0.4 is 9.80 Å².